The Labute approximate surface area is 187 Å². The molecule has 9 heteroatoms. The van der Waals surface area contributed by atoms with Gasteiger partial charge in [0.05, 0.1) is 17.4 Å². The van der Waals surface area contributed by atoms with Crippen molar-refractivity contribution in [1.29, 1.82) is 0 Å². The van der Waals surface area contributed by atoms with Gasteiger partial charge in [0.15, 0.2) is 5.84 Å². The lowest BCUT2D eigenvalue weighted by molar-refractivity contribution is -0.126. The summed E-state index contributed by atoms with van der Waals surface area (Å²) in [5, 5.41) is 3.06. The minimum absolute atomic E-state index is 0.0609. The molecule has 1 saturated heterocycles. The number of hydrogen-bond acceptors (Lipinski definition) is 5. The van der Waals surface area contributed by atoms with Crippen LogP contribution in [0, 0.1) is 5.92 Å². The molecule has 0 spiro atoms. The molecular weight excluding hydrogens is 426 g/mol. The highest BCUT2D eigenvalue weighted by molar-refractivity contribution is 7.90. The number of fused-ring (bicyclic) bond motifs is 2. The highest BCUT2D eigenvalue weighted by Crippen LogP contribution is 2.29. The molecule has 3 heterocycles. The van der Waals surface area contributed by atoms with Gasteiger partial charge in [-0.2, -0.15) is 8.42 Å². The fourth-order valence-electron chi connectivity index (χ4n) is 4.46. The number of rotatable bonds is 5. The lowest BCUT2D eigenvalue weighted by Gasteiger charge is -2.32. The smallest absolute Gasteiger partial charge is 0.285 e. The van der Waals surface area contributed by atoms with Gasteiger partial charge in [0.25, 0.3) is 10.0 Å². The first kappa shape index (κ1) is 20.7. The van der Waals surface area contributed by atoms with E-state index in [2.05, 4.69) is 19.3 Å². The maximum Gasteiger partial charge on any atom is 0.285 e. The van der Waals surface area contributed by atoms with Crippen LogP contribution in [0.3, 0.4) is 0 Å². The first-order chi connectivity index (χ1) is 15.5. The molecule has 0 radical (unpaired) electrons. The summed E-state index contributed by atoms with van der Waals surface area (Å²) in [5.74, 6) is 0.516. The molecule has 5 rings (SSSR count). The molecule has 1 fully saturated rings. The Morgan fingerprint density at radius 2 is 1.81 bits per heavy atom. The minimum Gasteiger partial charge on any atom is -0.356 e. The number of aryl methyl sites for hydroxylation is 1. The summed E-state index contributed by atoms with van der Waals surface area (Å²) in [6, 6.07) is 14.9. The van der Waals surface area contributed by atoms with Crippen molar-refractivity contribution < 1.29 is 13.2 Å². The molecule has 8 nitrogen and oxygen atoms in total. The minimum atomic E-state index is -3.62. The normalized spacial score (nSPS) is 17.9. The van der Waals surface area contributed by atoms with Gasteiger partial charge >= 0.3 is 0 Å². The zero-order valence-corrected chi connectivity index (χ0v) is 18.5. The molecule has 3 aromatic rings. The average Bonchev–Trinajstić information content (AvgIpc) is 3.35. The quantitative estimate of drug-likeness (QED) is 0.601. The van der Waals surface area contributed by atoms with Crippen molar-refractivity contribution in [3.8, 4) is 0 Å². The monoisotopic (exact) mass is 451 g/mol. The molecule has 2 aliphatic rings. The third-order valence-corrected chi connectivity index (χ3v) is 7.51. The Hall–Kier alpha value is -3.20. The van der Waals surface area contributed by atoms with Gasteiger partial charge in [-0.05, 0) is 43.5 Å². The molecule has 1 N–H and O–H groups in total. The van der Waals surface area contributed by atoms with Crippen LogP contribution < -0.4 is 5.32 Å². The fourth-order valence-corrected chi connectivity index (χ4v) is 5.69. The summed E-state index contributed by atoms with van der Waals surface area (Å²) < 4.78 is 30.7. The van der Waals surface area contributed by atoms with Crippen molar-refractivity contribution in [3.63, 3.8) is 0 Å². The van der Waals surface area contributed by atoms with Crippen molar-refractivity contribution in [3.05, 3.63) is 60.4 Å². The van der Waals surface area contributed by atoms with E-state index in [1.165, 1.54) is 0 Å². The van der Waals surface area contributed by atoms with Gasteiger partial charge in [-0.25, -0.2) is 4.98 Å². The molecule has 0 saturated carbocycles. The van der Waals surface area contributed by atoms with Crippen LogP contribution in [0.25, 0.3) is 11.0 Å². The number of likely N-dealkylation sites (tertiary alicyclic amines) is 1. The maximum absolute atomic E-state index is 12.6. The van der Waals surface area contributed by atoms with E-state index < -0.39 is 10.0 Å². The summed E-state index contributed by atoms with van der Waals surface area (Å²) in [6.45, 7) is 2.64. The van der Waals surface area contributed by atoms with Crippen molar-refractivity contribution in [2.45, 2.75) is 30.7 Å². The van der Waals surface area contributed by atoms with Crippen molar-refractivity contribution >= 4 is 32.8 Å². The van der Waals surface area contributed by atoms with E-state index in [1.807, 2.05) is 41.6 Å². The highest BCUT2D eigenvalue weighted by atomic mass is 32.2. The zero-order chi connectivity index (χ0) is 22.1. The molecule has 0 bridgehead atoms. The first-order valence-corrected chi connectivity index (χ1v) is 12.3. The van der Waals surface area contributed by atoms with Crippen molar-refractivity contribution in [2.75, 3.05) is 19.6 Å². The number of amides is 1. The molecular formula is C23H25N5O3S. The van der Waals surface area contributed by atoms with Crippen LogP contribution in [0.2, 0.25) is 0 Å². The first-order valence-electron chi connectivity index (χ1n) is 10.9. The standard InChI is InChI=1S/C23H25N5O3S/c29-23(24-12-5-13-28-16-25-19-7-2-3-8-20(19)28)17-10-14-27(15-11-17)22-18-6-1-4-9-21(18)32(30,31)26-22/h1-4,6-9,16-17H,5,10-15H2,(H,24,29). The van der Waals surface area contributed by atoms with Gasteiger partial charge in [-0.1, -0.05) is 24.3 Å². The van der Waals surface area contributed by atoms with Crippen LogP contribution in [0.1, 0.15) is 24.8 Å². The number of para-hydroxylation sites is 2. The summed E-state index contributed by atoms with van der Waals surface area (Å²) in [6.07, 6.45) is 4.03. The summed E-state index contributed by atoms with van der Waals surface area (Å²) in [5.41, 5.74) is 2.73. The van der Waals surface area contributed by atoms with Crippen LogP contribution in [0.5, 0.6) is 0 Å². The third-order valence-electron chi connectivity index (χ3n) is 6.18. The Bertz CT molecular complexity index is 1290. The van der Waals surface area contributed by atoms with Gasteiger partial charge in [-0.3, -0.25) is 4.79 Å². The van der Waals surface area contributed by atoms with E-state index >= 15 is 0 Å². The lowest BCUT2D eigenvalue weighted by Crippen LogP contribution is -2.43. The summed E-state index contributed by atoms with van der Waals surface area (Å²) in [7, 11) is -3.62. The Morgan fingerprint density at radius 1 is 1.06 bits per heavy atom. The Morgan fingerprint density at radius 3 is 2.66 bits per heavy atom. The number of benzene rings is 2. The maximum atomic E-state index is 12.6. The van der Waals surface area contributed by atoms with E-state index in [1.54, 1.807) is 18.2 Å². The molecule has 2 aromatic carbocycles. The van der Waals surface area contributed by atoms with E-state index in [0.29, 0.717) is 43.9 Å². The van der Waals surface area contributed by atoms with Gasteiger partial charge in [0, 0.05) is 37.7 Å². The van der Waals surface area contributed by atoms with Crippen molar-refractivity contribution in [1.82, 2.24) is 19.8 Å². The number of imidazole rings is 1. The number of piperidine rings is 1. The number of aromatic nitrogens is 2. The molecule has 1 amide bonds. The molecule has 1 aromatic heterocycles. The SMILES string of the molecule is O=C(NCCCn1cnc2ccccc21)C1CCN(C2=NS(=O)(=O)c3ccccc32)CC1. The Kier molecular flexibility index (Phi) is 5.42. The lowest BCUT2D eigenvalue weighted by atomic mass is 9.95. The average molecular weight is 452 g/mol. The molecule has 0 atom stereocenters. The third kappa shape index (κ3) is 3.88. The van der Waals surface area contributed by atoms with Crippen LogP contribution >= 0.6 is 0 Å². The molecule has 32 heavy (non-hydrogen) atoms. The highest BCUT2D eigenvalue weighted by Gasteiger charge is 2.34. The van der Waals surface area contributed by atoms with Crippen LogP contribution in [-0.2, 0) is 21.4 Å². The predicted octanol–water partition coefficient (Wildman–Crippen LogP) is 2.40. The molecule has 0 unspecified atom stereocenters. The number of nitrogens with one attached hydrogen (secondary N) is 1. The second kappa shape index (κ2) is 8.38. The van der Waals surface area contributed by atoms with E-state index in [4.69, 9.17) is 0 Å². The van der Waals surface area contributed by atoms with Gasteiger partial charge in [0.1, 0.15) is 4.90 Å². The second-order valence-corrected chi connectivity index (χ2v) is 9.79. The van der Waals surface area contributed by atoms with Crippen LogP contribution in [-0.4, -0.2) is 54.2 Å². The number of hydrogen-bond donors (Lipinski definition) is 1. The number of sulfonamides is 1. The van der Waals surface area contributed by atoms with Gasteiger partial charge < -0.3 is 14.8 Å². The zero-order valence-electron chi connectivity index (χ0n) is 17.6. The number of carbonyl (C=O) groups is 1. The second-order valence-electron chi connectivity index (χ2n) is 8.22. The van der Waals surface area contributed by atoms with Gasteiger partial charge in [0.2, 0.25) is 5.91 Å². The van der Waals surface area contributed by atoms with Gasteiger partial charge in [-0.15, -0.1) is 4.40 Å². The van der Waals surface area contributed by atoms with Crippen LogP contribution in [0.15, 0.2) is 64.2 Å². The molecule has 166 valence electrons. The van der Waals surface area contributed by atoms with E-state index in [-0.39, 0.29) is 16.7 Å². The predicted molar refractivity (Wildman–Crippen MR) is 122 cm³/mol. The number of carbonyl (C=O) groups excluding carboxylic acids is 1. The van der Waals surface area contributed by atoms with Crippen molar-refractivity contribution in [2.24, 2.45) is 10.3 Å². The molecule has 2 aliphatic heterocycles. The van der Waals surface area contributed by atoms with E-state index in [9.17, 15) is 13.2 Å². The Balaban J connectivity index is 1.11. The van der Waals surface area contributed by atoms with E-state index in [0.717, 1.165) is 24.0 Å². The van der Waals surface area contributed by atoms with Crippen LogP contribution in [0.4, 0.5) is 0 Å². The molecule has 0 aliphatic carbocycles. The number of amidine groups is 1. The number of nitrogens with zero attached hydrogens (tertiary/aromatic N) is 4. The summed E-state index contributed by atoms with van der Waals surface area (Å²) in [4.78, 5) is 19.3. The fraction of sp³-hybridized carbons (Fsp3) is 0.348. The summed E-state index contributed by atoms with van der Waals surface area (Å²) >= 11 is 0. The topological polar surface area (TPSA) is 96.7 Å². The largest absolute Gasteiger partial charge is 0.356 e.